The van der Waals surface area contributed by atoms with Gasteiger partial charge in [-0.05, 0) is 32.4 Å². The number of urea groups is 1. The van der Waals surface area contributed by atoms with E-state index in [1.54, 1.807) is 13.4 Å². The second-order valence-electron chi connectivity index (χ2n) is 6.90. The lowest BCUT2D eigenvalue weighted by Gasteiger charge is -2.32. The number of nitrogens with one attached hydrogen (secondary N) is 1. The van der Waals surface area contributed by atoms with Crippen molar-refractivity contribution >= 4 is 6.03 Å². The standard InChI is InChI=1S/C17H30N6O2/c1-25-12-11-23-14-19-20-16(23)5-7-18-17(24)22-10-6-15(13-22)21-8-3-2-4-9-21/h14-15H,2-13H2,1H3,(H,18,24)/t15-/m1/s1. The fourth-order valence-electron chi connectivity index (χ4n) is 3.75. The second kappa shape index (κ2) is 9.15. The monoisotopic (exact) mass is 350 g/mol. The Kier molecular flexibility index (Phi) is 6.63. The molecule has 3 heterocycles. The van der Waals surface area contributed by atoms with Crippen LogP contribution in [-0.4, -0.2) is 83.1 Å². The van der Waals surface area contributed by atoms with E-state index in [1.807, 2.05) is 9.47 Å². The lowest BCUT2D eigenvalue weighted by atomic mass is 10.1. The quantitative estimate of drug-likeness (QED) is 0.785. The molecule has 0 saturated carbocycles. The maximum atomic E-state index is 12.4. The molecule has 2 amide bonds. The van der Waals surface area contributed by atoms with Gasteiger partial charge in [-0.25, -0.2) is 4.79 Å². The van der Waals surface area contributed by atoms with E-state index in [9.17, 15) is 4.79 Å². The number of aromatic nitrogens is 3. The Morgan fingerprint density at radius 2 is 2.16 bits per heavy atom. The molecule has 2 aliphatic heterocycles. The largest absolute Gasteiger partial charge is 0.383 e. The van der Waals surface area contributed by atoms with Crippen molar-refractivity contribution in [1.82, 2.24) is 29.9 Å². The van der Waals surface area contributed by atoms with Crippen LogP contribution in [0.3, 0.4) is 0 Å². The Bertz CT molecular complexity index is 543. The van der Waals surface area contributed by atoms with Crippen molar-refractivity contribution in [2.75, 3.05) is 46.4 Å². The molecule has 0 spiro atoms. The number of amides is 2. The summed E-state index contributed by atoms with van der Waals surface area (Å²) in [6, 6.07) is 0.589. The van der Waals surface area contributed by atoms with Crippen LogP contribution in [0.15, 0.2) is 6.33 Å². The van der Waals surface area contributed by atoms with Crippen LogP contribution in [0.1, 0.15) is 31.5 Å². The molecular weight excluding hydrogens is 320 g/mol. The van der Waals surface area contributed by atoms with E-state index >= 15 is 0 Å². The van der Waals surface area contributed by atoms with Crippen LogP contribution >= 0.6 is 0 Å². The lowest BCUT2D eigenvalue weighted by Crippen LogP contribution is -2.44. The number of piperidine rings is 1. The lowest BCUT2D eigenvalue weighted by molar-refractivity contribution is 0.161. The molecule has 8 nitrogen and oxygen atoms in total. The van der Waals surface area contributed by atoms with Gasteiger partial charge in [0.1, 0.15) is 12.2 Å². The van der Waals surface area contributed by atoms with Gasteiger partial charge in [0.05, 0.1) is 6.61 Å². The molecule has 0 aliphatic carbocycles. The molecule has 25 heavy (non-hydrogen) atoms. The molecule has 8 heteroatoms. The summed E-state index contributed by atoms with van der Waals surface area (Å²) < 4.78 is 7.05. The molecule has 3 rings (SSSR count). The highest BCUT2D eigenvalue weighted by molar-refractivity contribution is 5.74. The predicted molar refractivity (Wildman–Crippen MR) is 94.4 cm³/mol. The van der Waals surface area contributed by atoms with Crippen LogP contribution in [0.2, 0.25) is 0 Å². The zero-order valence-corrected chi connectivity index (χ0v) is 15.2. The molecule has 1 atom stereocenters. The van der Waals surface area contributed by atoms with Gasteiger partial charge in [-0.15, -0.1) is 10.2 Å². The number of rotatable bonds is 7. The van der Waals surface area contributed by atoms with Gasteiger partial charge in [-0.2, -0.15) is 0 Å². The first-order valence-corrected chi connectivity index (χ1v) is 9.40. The SMILES string of the molecule is COCCn1cnnc1CCNC(=O)N1CC[C@@H](N2CCCCC2)C1. The van der Waals surface area contributed by atoms with Crippen molar-refractivity contribution < 1.29 is 9.53 Å². The third kappa shape index (κ3) is 4.92. The molecule has 0 bridgehead atoms. The van der Waals surface area contributed by atoms with Gasteiger partial charge in [0.15, 0.2) is 0 Å². The molecule has 2 aliphatic rings. The first-order valence-electron chi connectivity index (χ1n) is 9.40. The molecule has 0 aromatic carbocycles. The number of methoxy groups -OCH3 is 1. The van der Waals surface area contributed by atoms with Crippen molar-refractivity contribution in [3.8, 4) is 0 Å². The summed E-state index contributed by atoms with van der Waals surface area (Å²) in [6.45, 7) is 6.04. The van der Waals surface area contributed by atoms with E-state index in [0.29, 0.717) is 25.6 Å². The Labute approximate surface area is 149 Å². The number of carbonyl (C=O) groups excluding carboxylic acids is 1. The van der Waals surface area contributed by atoms with E-state index in [0.717, 1.165) is 31.9 Å². The predicted octanol–water partition coefficient (Wildman–Crippen LogP) is 0.737. The summed E-state index contributed by atoms with van der Waals surface area (Å²) in [6.07, 6.45) is 7.43. The summed E-state index contributed by atoms with van der Waals surface area (Å²) in [5.74, 6) is 0.880. The van der Waals surface area contributed by atoms with E-state index in [4.69, 9.17) is 4.74 Å². The maximum Gasteiger partial charge on any atom is 0.317 e. The fraction of sp³-hybridized carbons (Fsp3) is 0.824. The Hall–Kier alpha value is -1.67. The second-order valence-corrected chi connectivity index (χ2v) is 6.90. The van der Waals surface area contributed by atoms with Gasteiger partial charge in [-0.3, -0.25) is 4.90 Å². The van der Waals surface area contributed by atoms with Gasteiger partial charge in [0.25, 0.3) is 0 Å². The van der Waals surface area contributed by atoms with Crippen LogP contribution in [0, 0.1) is 0 Å². The van der Waals surface area contributed by atoms with Gasteiger partial charge in [0, 0.05) is 45.8 Å². The van der Waals surface area contributed by atoms with Gasteiger partial charge in [-0.1, -0.05) is 6.42 Å². The Morgan fingerprint density at radius 1 is 1.32 bits per heavy atom. The average molecular weight is 350 g/mol. The first-order chi connectivity index (χ1) is 12.3. The third-order valence-electron chi connectivity index (χ3n) is 5.21. The minimum Gasteiger partial charge on any atom is -0.383 e. The smallest absolute Gasteiger partial charge is 0.317 e. The summed E-state index contributed by atoms with van der Waals surface area (Å²) in [7, 11) is 1.68. The molecule has 1 N–H and O–H groups in total. The van der Waals surface area contributed by atoms with Crippen LogP contribution < -0.4 is 5.32 Å². The van der Waals surface area contributed by atoms with Crippen molar-refractivity contribution in [3.63, 3.8) is 0 Å². The summed E-state index contributed by atoms with van der Waals surface area (Å²) in [5, 5.41) is 11.1. The van der Waals surface area contributed by atoms with Crippen LogP contribution in [0.5, 0.6) is 0 Å². The van der Waals surface area contributed by atoms with Crippen LogP contribution in [0.4, 0.5) is 4.79 Å². The summed E-state index contributed by atoms with van der Waals surface area (Å²) in [4.78, 5) is 16.9. The van der Waals surface area contributed by atoms with E-state index in [2.05, 4.69) is 20.4 Å². The van der Waals surface area contributed by atoms with Crippen LogP contribution in [-0.2, 0) is 17.7 Å². The number of nitrogens with zero attached hydrogens (tertiary/aromatic N) is 5. The molecule has 1 aromatic heterocycles. The Morgan fingerprint density at radius 3 is 2.96 bits per heavy atom. The zero-order chi connectivity index (χ0) is 17.5. The van der Waals surface area contributed by atoms with Gasteiger partial charge in [0.2, 0.25) is 0 Å². The number of hydrogen-bond donors (Lipinski definition) is 1. The summed E-state index contributed by atoms with van der Waals surface area (Å²) >= 11 is 0. The van der Waals surface area contributed by atoms with Crippen LogP contribution in [0.25, 0.3) is 0 Å². The van der Waals surface area contributed by atoms with Crippen molar-refractivity contribution in [2.45, 2.75) is 44.7 Å². The van der Waals surface area contributed by atoms with Gasteiger partial charge < -0.3 is 19.5 Å². The average Bonchev–Trinajstić information content (AvgIpc) is 3.30. The summed E-state index contributed by atoms with van der Waals surface area (Å²) in [5.41, 5.74) is 0. The van der Waals surface area contributed by atoms with E-state index < -0.39 is 0 Å². The fourth-order valence-corrected chi connectivity index (χ4v) is 3.75. The normalized spacial score (nSPS) is 21.6. The molecule has 0 unspecified atom stereocenters. The zero-order valence-electron chi connectivity index (χ0n) is 15.2. The van der Waals surface area contributed by atoms with Gasteiger partial charge >= 0.3 is 6.03 Å². The van der Waals surface area contributed by atoms with Crippen molar-refractivity contribution in [1.29, 1.82) is 0 Å². The molecular formula is C17H30N6O2. The maximum absolute atomic E-state index is 12.4. The molecule has 2 fully saturated rings. The Balaban J connectivity index is 1.39. The first kappa shape index (κ1) is 18.1. The highest BCUT2D eigenvalue weighted by Gasteiger charge is 2.30. The highest BCUT2D eigenvalue weighted by Crippen LogP contribution is 2.20. The van der Waals surface area contributed by atoms with E-state index in [1.165, 1.54) is 32.4 Å². The molecule has 0 radical (unpaired) electrons. The molecule has 2 saturated heterocycles. The number of carbonyl (C=O) groups is 1. The number of ether oxygens (including phenoxy) is 1. The number of likely N-dealkylation sites (tertiary alicyclic amines) is 2. The highest BCUT2D eigenvalue weighted by atomic mass is 16.5. The van der Waals surface area contributed by atoms with E-state index in [-0.39, 0.29) is 6.03 Å². The molecule has 140 valence electrons. The van der Waals surface area contributed by atoms with Crippen molar-refractivity contribution in [2.24, 2.45) is 0 Å². The third-order valence-corrected chi connectivity index (χ3v) is 5.21. The van der Waals surface area contributed by atoms with Crippen molar-refractivity contribution in [3.05, 3.63) is 12.2 Å². The number of hydrogen-bond acceptors (Lipinski definition) is 5. The minimum atomic E-state index is 0.0440. The topological polar surface area (TPSA) is 75.5 Å². The molecule has 1 aromatic rings. The minimum absolute atomic E-state index is 0.0440.